The third-order valence-corrected chi connectivity index (χ3v) is 5.98. The van der Waals surface area contributed by atoms with E-state index in [9.17, 15) is 9.59 Å². The highest BCUT2D eigenvalue weighted by Gasteiger charge is 2.34. The molecule has 4 rings (SSSR count). The van der Waals surface area contributed by atoms with Crippen molar-refractivity contribution in [2.75, 3.05) is 7.11 Å². The van der Waals surface area contributed by atoms with Crippen LogP contribution < -0.4 is 19.6 Å². The Labute approximate surface area is 189 Å². The van der Waals surface area contributed by atoms with E-state index in [0.29, 0.717) is 26.4 Å². The normalized spacial score (nSPS) is 16.0. The molecule has 0 aliphatic carbocycles. The van der Waals surface area contributed by atoms with Crippen LogP contribution in [0.4, 0.5) is 0 Å². The molecule has 0 fully saturated rings. The Morgan fingerprint density at radius 2 is 1.97 bits per heavy atom. The average Bonchev–Trinajstić information content (AvgIpc) is 3.07. The fraction of sp³-hybridized carbons (Fsp3) is 0.250. The zero-order chi connectivity index (χ0) is 22.8. The van der Waals surface area contributed by atoms with Gasteiger partial charge in [-0.3, -0.25) is 14.3 Å². The Hall–Kier alpha value is -3.52. The van der Waals surface area contributed by atoms with Crippen molar-refractivity contribution in [2.45, 2.75) is 32.9 Å². The molecule has 1 atom stereocenters. The standard InChI is InChI=1S/C24H23N3O4S/c1-14(2)31-23(29)20-15(3)26-24-27(21(20)17-6-5-7-18(13-17)30-4)22(28)19(32-24)12-16-8-10-25-11-9-16/h5-14,21H,1-4H3/t21-/m1/s1. The van der Waals surface area contributed by atoms with Crippen molar-refractivity contribution in [2.24, 2.45) is 4.99 Å². The number of methoxy groups -OCH3 is 1. The molecule has 3 heterocycles. The molecule has 1 aliphatic heterocycles. The third kappa shape index (κ3) is 4.13. The molecule has 8 heteroatoms. The summed E-state index contributed by atoms with van der Waals surface area (Å²) in [6.07, 6.45) is 4.85. The summed E-state index contributed by atoms with van der Waals surface area (Å²) in [7, 11) is 1.58. The second-order valence-corrected chi connectivity index (χ2v) is 8.60. The van der Waals surface area contributed by atoms with Gasteiger partial charge in [-0.05, 0) is 62.2 Å². The first kappa shape index (κ1) is 21.7. The number of allylic oxidation sites excluding steroid dienone is 1. The lowest BCUT2D eigenvalue weighted by atomic mass is 9.95. The van der Waals surface area contributed by atoms with Gasteiger partial charge in [-0.15, -0.1) is 0 Å². The number of thiazole rings is 1. The molecule has 7 nitrogen and oxygen atoms in total. The van der Waals surface area contributed by atoms with Gasteiger partial charge < -0.3 is 9.47 Å². The maximum Gasteiger partial charge on any atom is 0.338 e. The molecule has 0 spiro atoms. The lowest BCUT2D eigenvalue weighted by molar-refractivity contribution is -0.143. The topological polar surface area (TPSA) is 82.8 Å². The minimum absolute atomic E-state index is 0.222. The Morgan fingerprint density at radius 3 is 2.66 bits per heavy atom. The van der Waals surface area contributed by atoms with Crippen LogP contribution in [0.2, 0.25) is 0 Å². The van der Waals surface area contributed by atoms with Gasteiger partial charge in [0, 0.05) is 12.4 Å². The molecular formula is C24H23N3O4S. The molecule has 3 aromatic rings. The fourth-order valence-corrected chi connectivity index (χ4v) is 4.64. The number of aromatic nitrogens is 2. The van der Waals surface area contributed by atoms with Crippen molar-refractivity contribution >= 4 is 23.4 Å². The van der Waals surface area contributed by atoms with Crippen LogP contribution in [-0.2, 0) is 9.53 Å². The van der Waals surface area contributed by atoms with Crippen molar-refractivity contribution in [1.82, 2.24) is 9.55 Å². The van der Waals surface area contributed by atoms with Gasteiger partial charge in [-0.2, -0.15) is 0 Å². The molecule has 0 N–H and O–H groups in total. The number of carbonyl (C=O) groups is 1. The summed E-state index contributed by atoms with van der Waals surface area (Å²) in [4.78, 5) is 35.7. The van der Waals surface area contributed by atoms with Gasteiger partial charge in [-0.1, -0.05) is 23.5 Å². The van der Waals surface area contributed by atoms with E-state index in [1.807, 2.05) is 36.4 Å². The molecule has 0 amide bonds. The van der Waals surface area contributed by atoms with Crippen molar-refractivity contribution < 1.29 is 14.3 Å². The molecule has 0 unspecified atom stereocenters. The predicted octanol–water partition coefficient (Wildman–Crippen LogP) is 2.59. The quantitative estimate of drug-likeness (QED) is 0.559. The molecular weight excluding hydrogens is 426 g/mol. The number of ether oxygens (including phenoxy) is 2. The number of fused-ring (bicyclic) bond motifs is 1. The number of pyridine rings is 1. The van der Waals surface area contributed by atoms with Gasteiger partial charge in [0.2, 0.25) is 0 Å². The molecule has 164 valence electrons. The number of carbonyl (C=O) groups excluding carboxylic acids is 1. The fourth-order valence-electron chi connectivity index (χ4n) is 3.60. The molecule has 2 aromatic heterocycles. The van der Waals surface area contributed by atoms with Gasteiger partial charge in [-0.25, -0.2) is 9.79 Å². The Bertz CT molecular complexity index is 1370. The average molecular weight is 450 g/mol. The smallest absolute Gasteiger partial charge is 0.338 e. The summed E-state index contributed by atoms with van der Waals surface area (Å²) < 4.78 is 13.0. The van der Waals surface area contributed by atoms with Crippen LogP contribution in [0, 0.1) is 0 Å². The Kier molecular flexibility index (Phi) is 6.05. The zero-order valence-corrected chi connectivity index (χ0v) is 19.1. The van der Waals surface area contributed by atoms with Gasteiger partial charge in [0.25, 0.3) is 5.56 Å². The van der Waals surface area contributed by atoms with E-state index >= 15 is 0 Å². The van der Waals surface area contributed by atoms with Gasteiger partial charge in [0.15, 0.2) is 4.80 Å². The summed E-state index contributed by atoms with van der Waals surface area (Å²) in [6, 6.07) is 10.3. The van der Waals surface area contributed by atoms with E-state index in [4.69, 9.17) is 9.47 Å². The molecule has 0 radical (unpaired) electrons. The van der Waals surface area contributed by atoms with Crippen LogP contribution in [0.5, 0.6) is 5.75 Å². The van der Waals surface area contributed by atoms with Crippen LogP contribution >= 0.6 is 11.3 Å². The summed E-state index contributed by atoms with van der Waals surface area (Å²) >= 11 is 1.29. The number of hydrogen-bond donors (Lipinski definition) is 0. The lowest BCUT2D eigenvalue weighted by Gasteiger charge is -2.25. The summed E-state index contributed by atoms with van der Waals surface area (Å²) in [5.74, 6) is 0.144. The highest BCUT2D eigenvalue weighted by Crippen LogP contribution is 2.32. The molecule has 0 bridgehead atoms. The second kappa shape index (κ2) is 8.92. The van der Waals surface area contributed by atoms with E-state index in [0.717, 1.165) is 11.1 Å². The lowest BCUT2D eigenvalue weighted by Crippen LogP contribution is -2.40. The van der Waals surface area contributed by atoms with E-state index in [2.05, 4.69) is 9.98 Å². The Balaban J connectivity index is 1.96. The molecule has 32 heavy (non-hydrogen) atoms. The first-order valence-corrected chi connectivity index (χ1v) is 11.0. The maximum atomic E-state index is 13.5. The minimum atomic E-state index is -0.674. The van der Waals surface area contributed by atoms with E-state index < -0.39 is 12.0 Å². The number of nitrogens with zero attached hydrogens (tertiary/aromatic N) is 3. The SMILES string of the molecule is COc1cccc([C@@H]2C(C(=O)OC(C)C)=C(C)N=c3sc(=Cc4ccncc4)c(=O)n32)c1. The van der Waals surface area contributed by atoms with Crippen LogP contribution in [0.25, 0.3) is 6.08 Å². The van der Waals surface area contributed by atoms with Crippen LogP contribution in [0.3, 0.4) is 0 Å². The Morgan fingerprint density at radius 1 is 1.22 bits per heavy atom. The van der Waals surface area contributed by atoms with Crippen molar-refractivity contribution in [3.8, 4) is 5.75 Å². The number of benzene rings is 1. The summed E-state index contributed by atoms with van der Waals surface area (Å²) in [5, 5.41) is 0. The van der Waals surface area contributed by atoms with Crippen molar-refractivity contribution in [3.05, 3.63) is 90.9 Å². The molecule has 1 aromatic carbocycles. The maximum absolute atomic E-state index is 13.5. The largest absolute Gasteiger partial charge is 0.497 e. The van der Waals surface area contributed by atoms with E-state index in [1.54, 1.807) is 50.9 Å². The zero-order valence-electron chi connectivity index (χ0n) is 18.2. The highest BCUT2D eigenvalue weighted by molar-refractivity contribution is 7.07. The first-order valence-electron chi connectivity index (χ1n) is 10.2. The molecule has 1 aliphatic rings. The van der Waals surface area contributed by atoms with E-state index in [-0.39, 0.29) is 11.7 Å². The minimum Gasteiger partial charge on any atom is -0.497 e. The third-order valence-electron chi connectivity index (χ3n) is 5.00. The number of rotatable bonds is 5. The second-order valence-electron chi connectivity index (χ2n) is 7.59. The van der Waals surface area contributed by atoms with E-state index in [1.165, 1.54) is 11.3 Å². The van der Waals surface area contributed by atoms with Crippen LogP contribution in [0.15, 0.2) is 69.8 Å². The van der Waals surface area contributed by atoms with Gasteiger partial charge in [0.05, 0.1) is 35.1 Å². The highest BCUT2D eigenvalue weighted by atomic mass is 32.1. The predicted molar refractivity (Wildman–Crippen MR) is 122 cm³/mol. The number of hydrogen-bond acceptors (Lipinski definition) is 7. The van der Waals surface area contributed by atoms with Gasteiger partial charge in [0.1, 0.15) is 5.75 Å². The van der Waals surface area contributed by atoms with Crippen LogP contribution in [0.1, 0.15) is 37.9 Å². The van der Waals surface area contributed by atoms with Crippen molar-refractivity contribution in [1.29, 1.82) is 0 Å². The summed E-state index contributed by atoms with van der Waals surface area (Å²) in [6.45, 7) is 5.35. The molecule has 0 saturated carbocycles. The monoisotopic (exact) mass is 449 g/mol. The molecule has 0 saturated heterocycles. The van der Waals surface area contributed by atoms with Crippen molar-refractivity contribution in [3.63, 3.8) is 0 Å². The van der Waals surface area contributed by atoms with Crippen LogP contribution in [-0.4, -0.2) is 28.7 Å². The van der Waals surface area contributed by atoms with Gasteiger partial charge >= 0.3 is 5.97 Å². The number of esters is 1. The first-order chi connectivity index (χ1) is 15.4. The summed E-state index contributed by atoms with van der Waals surface area (Å²) in [5.41, 5.74) is 2.25.